The molecule has 0 bridgehead atoms. The largest absolute Gasteiger partial charge is 0.484 e. The number of hydrogen-bond acceptors (Lipinski definition) is 3. The van der Waals surface area contributed by atoms with Gasteiger partial charge in [-0.1, -0.05) is 55.8 Å². The van der Waals surface area contributed by atoms with Gasteiger partial charge in [0.15, 0.2) is 6.61 Å². The zero-order valence-electron chi connectivity index (χ0n) is 18.9. The van der Waals surface area contributed by atoms with E-state index in [1.807, 2.05) is 69.3 Å². The van der Waals surface area contributed by atoms with E-state index in [2.05, 4.69) is 19.2 Å². The van der Waals surface area contributed by atoms with Gasteiger partial charge in [0.2, 0.25) is 5.91 Å². The summed E-state index contributed by atoms with van der Waals surface area (Å²) in [6.07, 6.45) is 0. The van der Waals surface area contributed by atoms with Crippen molar-refractivity contribution in [2.45, 2.75) is 66.1 Å². The van der Waals surface area contributed by atoms with Crippen molar-refractivity contribution in [3.8, 4) is 5.75 Å². The van der Waals surface area contributed by atoms with Crippen molar-refractivity contribution in [3.05, 3.63) is 65.2 Å². The molecule has 0 aliphatic carbocycles. The molecular formula is C25H34N2O3. The van der Waals surface area contributed by atoms with Gasteiger partial charge in [0.05, 0.1) is 0 Å². The number of aryl methyl sites for hydroxylation is 1. The van der Waals surface area contributed by atoms with Gasteiger partial charge in [-0.2, -0.15) is 0 Å². The van der Waals surface area contributed by atoms with Gasteiger partial charge < -0.3 is 15.0 Å². The zero-order valence-corrected chi connectivity index (χ0v) is 18.9. The minimum Gasteiger partial charge on any atom is -0.484 e. The van der Waals surface area contributed by atoms with Crippen molar-refractivity contribution < 1.29 is 14.3 Å². The lowest BCUT2D eigenvalue weighted by Gasteiger charge is -2.29. The first-order valence-electron chi connectivity index (χ1n) is 10.6. The van der Waals surface area contributed by atoms with Gasteiger partial charge in [-0.25, -0.2) is 0 Å². The van der Waals surface area contributed by atoms with E-state index in [9.17, 15) is 9.59 Å². The summed E-state index contributed by atoms with van der Waals surface area (Å²) < 4.78 is 5.73. The summed E-state index contributed by atoms with van der Waals surface area (Å²) in [5, 5.41) is 2.89. The molecule has 0 saturated heterocycles. The number of nitrogens with zero attached hydrogens (tertiary/aromatic N) is 1. The van der Waals surface area contributed by atoms with Gasteiger partial charge in [-0.05, 0) is 56.9 Å². The quantitative estimate of drug-likeness (QED) is 0.665. The molecular weight excluding hydrogens is 376 g/mol. The zero-order chi connectivity index (χ0) is 22.3. The van der Waals surface area contributed by atoms with Crippen LogP contribution >= 0.6 is 0 Å². The van der Waals surface area contributed by atoms with E-state index in [0.29, 0.717) is 18.2 Å². The van der Waals surface area contributed by atoms with Crippen molar-refractivity contribution in [1.29, 1.82) is 0 Å². The topological polar surface area (TPSA) is 58.6 Å². The summed E-state index contributed by atoms with van der Waals surface area (Å²) in [6.45, 7) is 12.1. The van der Waals surface area contributed by atoms with Crippen LogP contribution in [0.15, 0.2) is 48.5 Å². The highest BCUT2D eigenvalue weighted by Gasteiger charge is 2.26. The molecule has 0 aliphatic rings. The van der Waals surface area contributed by atoms with Crippen LogP contribution in [0.4, 0.5) is 0 Å². The van der Waals surface area contributed by atoms with Crippen molar-refractivity contribution in [3.63, 3.8) is 0 Å². The van der Waals surface area contributed by atoms with Crippen LogP contribution in [0.25, 0.3) is 0 Å². The van der Waals surface area contributed by atoms with Crippen LogP contribution in [0.5, 0.6) is 5.75 Å². The Morgan fingerprint density at radius 1 is 1.00 bits per heavy atom. The predicted molar refractivity (Wildman–Crippen MR) is 120 cm³/mol. The number of amides is 2. The van der Waals surface area contributed by atoms with E-state index in [1.165, 1.54) is 5.56 Å². The predicted octanol–water partition coefficient (Wildman–Crippen LogP) is 4.44. The molecule has 5 heteroatoms. The van der Waals surface area contributed by atoms with Crippen LogP contribution in [0.1, 0.15) is 57.2 Å². The van der Waals surface area contributed by atoms with E-state index in [-0.39, 0.29) is 24.5 Å². The normalized spacial score (nSPS) is 12.0. The standard InChI is InChI=1S/C25H34N2O3/c1-17(2)22-10-12-23(13-11-22)30-16-24(28)27(20(6)25(29)26-18(3)4)15-21-9-7-8-19(5)14-21/h7-14,17-18,20H,15-16H2,1-6H3,(H,26,29)/t20-/m1/s1. The Morgan fingerprint density at radius 2 is 1.67 bits per heavy atom. The van der Waals surface area contributed by atoms with Crippen LogP contribution < -0.4 is 10.1 Å². The molecule has 0 unspecified atom stereocenters. The first-order valence-corrected chi connectivity index (χ1v) is 10.6. The number of carbonyl (C=O) groups is 2. The Labute approximate surface area is 180 Å². The van der Waals surface area contributed by atoms with Crippen LogP contribution in [-0.4, -0.2) is 35.4 Å². The van der Waals surface area contributed by atoms with Crippen LogP contribution in [-0.2, 0) is 16.1 Å². The monoisotopic (exact) mass is 410 g/mol. The summed E-state index contributed by atoms with van der Waals surface area (Å²) in [7, 11) is 0. The molecule has 0 saturated carbocycles. The third-order valence-corrected chi connectivity index (χ3v) is 4.94. The third kappa shape index (κ3) is 6.90. The Morgan fingerprint density at radius 3 is 2.23 bits per heavy atom. The van der Waals surface area contributed by atoms with Gasteiger partial charge in [0.1, 0.15) is 11.8 Å². The first-order chi connectivity index (χ1) is 14.2. The molecule has 0 aromatic heterocycles. The van der Waals surface area contributed by atoms with Crippen molar-refractivity contribution >= 4 is 11.8 Å². The van der Waals surface area contributed by atoms with E-state index >= 15 is 0 Å². The molecule has 0 radical (unpaired) electrons. The summed E-state index contributed by atoms with van der Waals surface area (Å²) in [6, 6.07) is 15.1. The highest BCUT2D eigenvalue weighted by Crippen LogP contribution is 2.19. The molecule has 5 nitrogen and oxygen atoms in total. The van der Waals surface area contributed by atoms with Crippen molar-refractivity contribution in [2.24, 2.45) is 0 Å². The summed E-state index contributed by atoms with van der Waals surface area (Å²) >= 11 is 0. The molecule has 0 spiro atoms. The molecule has 0 aliphatic heterocycles. The number of rotatable bonds is 9. The van der Waals surface area contributed by atoms with Crippen molar-refractivity contribution in [1.82, 2.24) is 10.2 Å². The summed E-state index contributed by atoms with van der Waals surface area (Å²) in [4.78, 5) is 27.2. The molecule has 162 valence electrons. The summed E-state index contributed by atoms with van der Waals surface area (Å²) in [5.41, 5.74) is 3.31. The first kappa shape index (κ1) is 23.5. The van der Waals surface area contributed by atoms with Gasteiger partial charge in [0, 0.05) is 12.6 Å². The minimum atomic E-state index is -0.604. The highest BCUT2D eigenvalue weighted by molar-refractivity contribution is 5.88. The molecule has 2 rings (SSSR count). The van der Waals surface area contributed by atoms with E-state index < -0.39 is 6.04 Å². The molecule has 0 fully saturated rings. The Hall–Kier alpha value is -2.82. The molecule has 1 N–H and O–H groups in total. The van der Waals surface area contributed by atoms with Crippen LogP contribution in [0.2, 0.25) is 0 Å². The lowest BCUT2D eigenvalue weighted by molar-refractivity contribution is -0.142. The lowest BCUT2D eigenvalue weighted by Crippen LogP contribution is -2.50. The average Bonchev–Trinajstić information content (AvgIpc) is 2.69. The van der Waals surface area contributed by atoms with Crippen molar-refractivity contribution in [2.75, 3.05) is 6.61 Å². The number of hydrogen-bond donors (Lipinski definition) is 1. The summed E-state index contributed by atoms with van der Waals surface area (Å²) in [5.74, 6) is 0.677. The average molecular weight is 411 g/mol. The number of benzene rings is 2. The highest BCUT2D eigenvalue weighted by atomic mass is 16.5. The molecule has 1 atom stereocenters. The maximum absolute atomic E-state index is 13.0. The van der Waals surface area contributed by atoms with Gasteiger partial charge >= 0.3 is 0 Å². The Bertz CT molecular complexity index is 844. The Balaban J connectivity index is 2.13. The molecule has 2 aromatic carbocycles. The maximum Gasteiger partial charge on any atom is 0.261 e. The molecule has 30 heavy (non-hydrogen) atoms. The van der Waals surface area contributed by atoms with Gasteiger partial charge in [-0.3, -0.25) is 9.59 Å². The fourth-order valence-electron chi connectivity index (χ4n) is 3.17. The van der Waals surface area contributed by atoms with E-state index in [0.717, 1.165) is 11.1 Å². The lowest BCUT2D eigenvalue weighted by atomic mass is 10.0. The molecule has 2 aromatic rings. The van der Waals surface area contributed by atoms with Gasteiger partial charge in [-0.15, -0.1) is 0 Å². The van der Waals surface area contributed by atoms with Gasteiger partial charge in [0.25, 0.3) is 5.91 Å². The number of ether oxygens (including phenoxy) is 1. The Kier molecular flexibility index (Phi) is 8.46. The van der Waals surface area contributed by atoms with Crippen LogP contribution in [0.3, 0.4) is 0 Å². The maximum atomic E-state index is 13.0. The fraction of sp³-hybridized carbons (Fsp3) is 0.440. The second kappa shape index (κ2) is 10.8. The molecule has 0 heterocycles. The van der Waals surface area contributed by atoms with Crippen LogP contribution in [0, 0.1) is 6.92 Å². The third-order valence-electron chi connectivity index (χ3n) is 4.94. The van der Waals surface area contributed by atoms with E-state index in [1.54, 1.807) is 11.8 Å². The minimum absolute atomic E-state index is 0.00611. The second-order valence-corrected chi connectivity index (χ2v) is 8.36. The SMILES string of the molecule is Cc1cccc(CN(C(=O)COc2ccc(C(C)C)cc2)[C@H](C)C(=O)NC(C)C)c1. The smallest absolute Gasteiger partial charge is 0.261 e. The second-order valence-electron chi connectivity index (χ2n) is 8.36. The molecule has 2 amide bonds. The van der Waals surface area contributed by atoms with E-state index in [4.69, 9.17) is 4.74 Å². The number of nitrogens with one attached hydrogen (secondary N) is 1. The number of carbonyl (C=O) groups excluding carboxylic acids is 2. The fourth-order valence-corrected chi connectivity index (χ4v) is 3.17.